The second-order valence-electron chi connectivity index (χ2n) is 15.6. The minimum Gasteiger partial charge on any atom is -0.455 e. The van der Waals surface area contributed by atoms with Crippen LogP contribution in [0.2, 0.25) is 0 Å². The molecule has 13 aromatic rings. The van der Waals surface area contributed by atoms with Crippen molar-refractivity contribution in [1.82, 2.24) is 19.5 Å². The number of rotatable bonds is 5. The first-order valence-electron chi connectivity index (χ1n) is 20.4. The third-order valence-electron chi connectivity index (χ3n) is 12.0. The zero-order valence-electron chi connectivity index (χ0n) is 32.6. The van der Waals surface area contributed by atoms with Gasteiger partial charge in [-0.2, -0.15) is 0 Å². The van der Waals surface area contributed by atoms with Crippen molar-refractivity contribution >= 4 is 86.0 Å². The van der Waals surface area contributed by atoms with Crippen molar-refractivity contribution in [2.24, 2.45) is 0 Å². The Morgan fingerprint density at radius 2 is 1.00 bits per heavy atom. The second-order valence-corrected chi connectivity index (χ2v) is 16.7. The molecule has 4 aromatic heterocycles. The maximum Gasteiger partial charge on any atom is 0.167 e. The monoisotopic (exact) mass is 796 g/mol. The van der Waals surface area contributed by atoms with Crippen molar-refractivity contribution in [2.45, 2.75) is 0 Å². The molecular weight excluding hydrogens is 765 g/mol. The lowest BCUT2D eigenvalue weighted by Crippen LogP contribution is -2.01. The van der Waals surface area contributed by atoms with E-state index < -0.39 is 0 Å². The lowest BCUT2D eigenvalue weighted by molar-refractivity contribution is 0.669. The van der Waals surface area contributed by atoms with Gasteiger partial charge in [-0.3, -0.25) is 0 Å². The first-order valence-corrected chi connectivity index (χ1v) is 21.2. The fourth-order valence-corrected chi connectivity index (χ4v) is 10.2. The van der Waals surface area contributed by atoms with Crippen LogP contribution in [0.15, 0.2) is 199 Å². The van der Waals surface area contributed by atoms with Crippen molar-refractivity contribution in [2.75, 3.05) is 0 Å². The molecule has 61 heavy (non-hydrogen) atoms. The standard InChI is InChI=1S/C55H32N4OS/c1-2-12-33(13-3-1)34-22-24-35(25-23-34)53-56-54(38-26-27-51-44(29-38)42-18-8-11-21-50(42)61-51)58-55(57-53)46-32-39(31-45-41-17-7-10-20-49(41)60-52(45)46)59-47-19-9-6-16-40(47)43-28-36-14-4-5-15-37(36)30-48(43)59/h1-32H. The molecule has 0 N–H and O–H groups in total. The summed E-state index contributed by atoms with van der Waals surface area (Å²) in [5.74, 6) is 1.73. The molecule has 0 unspecified atom stereocenters. The van der Waals surface area contributed by atoms with E-state index in [9.17, 15) is 0 Å². The van der Waals surface area contributed by atoms with Gasteiger partial charge in [0.15, 0.2) is 17.5 Å². The Bertz CT molecular complexity index is 3880. The second kappa shape index (κ2) is 13.3. The van der Waals surface area contributed by atoms with Gasteiger partial charge in [0, 0.05) is 58.5 Å². The molecule has 6 heteroatoms. The number of benzene rings is 9. The van der Waals surface area contributed by atoms with E-state index >= 15 is 0 Å². The molecule has 0 atom stereocenters. The van der Waals surface area contributed by atoms with Crippen molar-refractivity contribution in [3.8, 4) is 51.0 Å². The molecule has 284 valence electrons. The highest BCUT2D eigenvalue weighted by Crippen LogP contribution is 2.42. The Morgan fingerprint density at radius 1 is 0.377 bits per heavy atom. The summed E-state index contributed by atoms with van der Waals surface area (Å²) >= 11 is 1.80. The van der Waals surface area contributed by atoms with Crippen LogP contribution in [0.25, 0.3) is 126 Å². The number of hydrogen-bond donors (Lipinski definition) is 0. The Balaban J connectivity index is 1.09. The summed E-state index contributed by atoms with van der Waals surface area (Å²) in [6.45, 7) is 0. The number of thiophene rings is 1. The van der Waals surface area contributed by atoms with E-state index in [2.05, 4.69) is 180 Å². The van der Waals surface area contributed by atoms with Crippen molar-refractivity contribution < 1.29 is 4.42 Å². The zero-order chi connectivity index (χ0) is 40.0. The van der Waals surface area contributed by atoms with Crippen LogP contribution < -0.4 is 0 Å². The SMILES string of the molecule is c1ccc(-c2ccc(-c3nc(-c4ccc5sc6ccccc6c5c4)nc(-c4cc(-n5c6ccccc6c6cc7ccccc7cc65)cc5c4oc4ccccc45)n3)cc2)cc1. The third-order valence-corrected chi connectivity index (χ3v) is 13.2. The van der Waals surface area contributed by atoms with Crippen molar-refractivity contribution in [3.05, 3.63) is 194 Å². The Hall–Kier alpha value is -7.93. The van der Waals surface area contributed by atoms with Crippen LogP contribution in [0.1, 0.15) is 0 Å². The molecule has 0 aliphatic rings. The highest BCUT2D eigenvalue weighted by molar-refractivity contribution is 7.25. The summed E-state index contributed by atoms with van der Waals surface area (Å²) in [6.07, 6.45) is 0. The highest BCUT2D eigenvalue weighted by Gasteiger charge is 2.22. The molecule has 0 aliphatic heterocycles. The summed E-state index contributed by atoms with van der Waals surface area (Å²) in [5.41, 5.74) is 9.70. The average molecular weight is 797 g/mol. The predicted octanol–water partition coefficient (Wildman–Crippen LogP) is 15.1. The lowest BCUT2D eigenvalue weighted by Gasteiger charge is -2.13. The molecule has 5 nitrogen and oxygen atoms in total. The maximum absolute atomic E-state index is 6.79. The third kappa shape index (κ3) is 5.43. The van der Waals surface area contributed by atoms with Crippen LogP contribution in [-0.2, 0) is 0 Å². The fourth-order valence-electron chi connectivity index (χ4n) is 9.10. The Morgan fingerprint density at radius 3 is 1.85 bits per heavy atom. The van der Waals surface area contributed by atoms with Gasteiger partial charge in [-0.1, -0.05) is 133 Å². The number of hydrogen-bond acceptors (Lipinski definition) is 5. The van der Waals surface area contributed by atoms with E-state index in [1.165, 1.54) is 41.7 Å². The zero-order valence-corrected chi connectivity index (χ0v) is 33.4. The number of para-hydroxylation sites is 2. The number of aromatic nitrogens is 4. The van der Waals surface area contributed by atoms with E-state index in [0.29, 0.717) is 17.5 Å². The molecule has 0 radical (unpaired) electrons. The maximum atomic E-state index is 6.79. The molecule has 0 spiro atoms. The molecule has 0 saturated heterocycles. The Kier molecular flexibility index (Phi) is 7.41. The lowest BCUT2D eigenvalue weighted by atomic mass is 10.0. The minimum absolute atomic E-state index is 0.541. The van der Waals surface area contributed by atoms with Gasteiger partial charge in [0.2, 0.25) is 0 Å². The topological polar surface area (TPSA) is 56.7 Å². The van der Waals surface area contributed by atoms with E-state index in [1.54, 1.807) is 11.3 Å². The fraction of sp³-hybridized carbons (Fsp3) is 0. The largest absolute Gasteiger partial charge is 0.455 e. The first kappa shape index (κ1) is 34.0. The van der Waals surface area contributed by atoms with Gasteiger partial charge in [-0.25, -0.2) is 15.0 Å². The normalized spacial score (nSPS) is 11.9. The molecule has 9 aromatic carbocycles. The highest BCUT2D eigenvalue weighted by atomic mass is 32.1. The van der Waals surface area contributed by atoms with Gasteiger partial charge in [0.25, 0.3) is 0 Å². The van der Waals surface area contributed by atoms with Gasteiger partial charge >= 0.3 is 0 Å². The number of nitrogens with zero attached hydrogens (tertiary/aromatic N) is 4. The van der Waals surface area contributed by atoms with Gasteiger partial charge in [-0.05, 0) is 82.6 Å². The van der Waals surface area contributed by atoms with Crippen molar-refractivity contribution in [3.63, 3.8) is 0 Å². The first-order chi connectivity index (χ1) is 30.2. The molecule has 0 aliphatic carbocycles. The molecule has 0 fully saturated rings. The van der Waals surface area contributed by atoms with Gasteiger partial charge in [-0.15, -0.1) is 11.3 Å². The summed E-state index contributed by atoms with van der Waals surface area (Å²) in [6, 6.07) is 68.6. The molecule has 4 heterocycles. The summed E-state index contributed by atoms with van der Waals surface area (Å²) in [7, 11) is 0. The summed E-state index contributed by atoms with van der Waals surface area (Å²) in [4.78, 5) is 15.9. The smallest absolute Gasteiger partial charge is 0.167 e. The molecule has 0 saturated carbocycles. The number of fused-ring (bicyclic) bond motifs is 10. The van der Waals surface area contributed by atoms with E-state index in [1.807, 2.05) is 18.2 Å². The van der Waals surface area contributed by atoms with Crippen LogP contribution >= 0.6 is 11.3 Å². The van der Waals surface area contributed by atoms with Crippen LogP contribution in [0, 0.1) is 0 Å². The average Bonchev–Trinajstić information content (AvgIpc) is 4.00. The van der Waals surface area contributed by atoms with Crippen molar-refractivity contribution in [1.29, 1.82) is 0 Å². The van der Waals surface area contributed by atoms with Crippen LogP contribution in [0.3, 0.4) is 0 Å². The minimum atomic E-state index is 0.541. The van der Waals surface area contributed by atoms with Crippen LogP contribution in [-0.4, -0.2) is 19.5 Å². The molecule has 13 rings (SSSR count). The van der Waals surface area contributed by atoms with Crippen LogP contribution in [0.4, 0.5) is 0 Å². The summed E-state index contributed by atoms with van der Waals surface area (Å²) < 4.78 is 11.6. The summed E-state index contributed by atoms with van der Waals surface area (Å²) in [5, 5.41) is 9.25. The molecule has 0 amide bonds. The molecule has 0 bridgehead atoms. The van der Waals surface area contributed by atoms with E-state index in [0.717, 1.165) is 66.5 Å². The van der Waals surface area contributed by atoms with Gasteiger partial charge in [0.1, 0.15) is 11.2 Å². The number of furan rings is 1. The quantitative estimate of drug-likeness (QED) is 0.174. The van der Waals surface area contributed by atoms with Crippen LogP contribution in [0.5, 0.6) is 0 Å². The van der Waals surface area contributed by atoms with Gasteiger partial charge < -0.3 is 8.98 Å². The van der Waals surface area contributed by atoms with E-state index in [4.69, 9.17) is 19.4 Å². The predicted molar refractivity (Wildman–Crippen MR) is 254 cm³/mol. The van der Waals surface area contributed by atoms with Gasteiger partial charge in [0.05, 0.1) is 16.6 Å². The van der Waals surface area contributed by atoms with E-state index in [-0.39, 0.29) is 0 Å². The molecular formula is C55H32N4OS. The Labute approximate surface area is 353 Å².